The highest BCUT2D eigenvalue weighted by atomic mass is 16.1. The van der Waals surface area contributed by atoms with Crippen LogP contribution in [0.25, 0.3) is 0 Å². The molecule has 1 heterocycles. The van der Waals surface area contributed by atoms with Crippen molar-refractivity contribution in [1.29, 1.82) is 5.26 Å². The van der Waals surface area contributed by atoms with Crippen LogP contribution in [0.15, 0.2) is 66.9 Å². The van der Waals surface area contributed by atoms with Gasteiger partial charge in [0.25, 0.3) is 5.91 Å². The Labute approximate surface area is 138 Å². The van der Waals surface area contributed by atoms with Crippen LogP contribution >= 0.6 is 0 Å². The van der Waals surface area contributed by atoms with Crippen molar-refractivity contribution in [2.75, 3.05) is 10.6 Å². The van der Waals surface area contributed by atoms with Crippen molar-refractivity contribution in [1.82, 2.24) is 9.97 Å². The second-order valence-corrected chi connectivity index (χ2v) is 4.90. The molecule has 3 aromatic rings. The zero-order chi connectivity index (χ0) is 16.8. The van der Waals surface area contributed by atoms with Gasteiger partial charge in [-0.15, -0.1) is 0 Å². The first kappa shape index (κ1) is 15.2. The van der Waals surface area contributed by atoms with Crippen LogP contribution in [0.1, 0.15) is 16.1 Å². The van der Waals surface area contributed by atoms with Gasteiger partial charge in [-0.2, -0.15) is 5.26 Å². The molecule has 0 unspecified atom stereocenters. The van der Waals surface area contributed by atoms with E-state index in [0.717, 1.165) is 5.69 Å². The van der Waals surface area contributed by atoms with Crippen molar-refractivity contribution in [3.05, 3.63) is 78.1 Å². The molecule has 0 aliphatic rings. The molecular weight excluding hydrogens is 302 g/mol. The molecular formula is C18H13N5O. The first-order chi connectivity index (χ1) is 11.7. The zero-order valence-corrected chi connectivity index (χ0v) is 12.6. The summed E-state index contributed by atoms with van der Waals surface area (Å²) in [6.45, 7) is 0. The molecule has 116 valence electrons. The summed E-state index contributed by atoms with van der Waals surface area (Å²) < 4.78 is 0. The van der Waals surface area contributed by atoms with Crippen molar-refractivity contribution in [2.45, 2.75) is 0 Å². The number of nitrogens with zero attached hydrogens (tertiary/aromatic N) is 3. The topological polar surface area (TPSA) is 90.7 Å². The maximum atomic E-state index is 12.3. The summed E-state index contributed by atoms with van der Waals surface area (Å²) in [5.41, 5.74) is 2.07. The van der Waals surface area contributed by atoms with Crippen LogP contribution in [0.2, 0.25) is 0 Å². The van der Waals surface area contributed by atoms with Gasteiger partial charge in [0.05, 0.1) is 11.6 Å². The third kappa shape index (κ3) is 3.72. The number of nitriles is 1. The monoisotopic (exact) mass is 315 g/mol. The SMILES string of the molecule is N#Cc1cccc(NC(=O)c2ccnc(Nc3ccccc3)n2)c1. The molecule has 1 amide bonds. The molecule has 0 spiro atoms. The Hall–Kier alpha value is -3.72. The van der Waals surface area contributed by atoms with Crippen LogP contribution < -0.4 is 10.6 Å². The van der Waals surface area contributed by atoms with Crippen LogP contribution in [-0.2, 0) is 0 Å². The van der Waals surface area contributed by atoms with Gasteiger partial charge in [-0.3, -0.25) is 4.79 Å². The van der Waals surface area contributed by atoms with Crippen molar-refractivity contribution >= 4 is 23.2 Å². The van der Waals surface area contributed by atoms with Gasteiger partial charge < -0.3 is 10.6 Å². The standard InChI is InChI=1S/C18H13N5O/c19-12-13-5-4-8-15(11-13)21-17(24)16-9-10-20-18(23-16)22-14-6-2-1-3-7-14/h1-11H,(H,21,24)(H,20,22,23). The van der Waals surface area contributed by atoms with Gasteiger partial charge in [0, 0.05) is 17.6 Å². The van der Waals surface area contributed by atoms with Crippen LogP contribution in [0.5, 0.6) is 0 Å². The molecule has 1 aromatic heterocycles. The lowest BCUT2D eigenvalue weighted by molar-refractivity contribution is 0.102. The number of hydrogen-bond donors (Lipinski definition) is 2. The summed E-state index contributed by atoms with van der Waals surface area (Å²) in [4.78, 5) is 20.6. The number of carbonyl (C=O) groups is 1. The summed E-state index contributed by atoms with van der Waals surface area (Å²) in [6.07, 6.45) is 1.51. The maximum absolute atomic E-state index is 12.3. The average molecular weight is 315 g/mol. The van der Waals surface area contributed by atoms with E-state index in [1.165, 1.54) is 12.3 Å². The molecule has 0 saturated carbocycles. The van der Waals surface area contributed by atoms with Gasteiger partial charge in [-0.1, -0.05) is 24.3 Å². The number of aromatic nitrogens is 2. The van der Waals surface area contributed by atoms with Gasteiger partial charge in [0.15, 0.2) is 0 Å². The number of benzene rings is 2. The summed E-state index contributed by atoms with van der Waals surface area (Å²) in [7, 11) is 0. The molecule has 0 radical (unpaired) electrons. The molecule has 0 atom stereocenters. The molecule has 6 heteroatoms. The second kappa shape index (κ2) is 7.03. The molecule has 0 aliphatic carbocycles. The average Bonchev–Trinajstić information content (AvgIpc) is 2.63. The summed E-state index contributed by atoms with van der Waals surface area (Å²) in [5.74, 6) is -0.0387. The zero-order valence-electron chi connectivity index (χ0n) is 12.6. The van der Waals surface area contributed by atoms with Gasteiger partial charge in [0.1, 0.15) is 5.69 Å². The van der Waals surface area contributed by atoms with Crippen molar-refractivity contribution < 1.29 is 4.79 Å². The number of hydrogen-bond acceptors (Lipinski definition) is 5. The lowest BCUT2D eigenvalue weighted by Gasteiger charge is -2.07. The summed E-state index contributed by atoms with van der Waals surface area (Å²) >= 11 is 0. The van der Waals surface area contributed by atoms with Gasteiger partial charge in [-0.25, -0.2) is 9.97 Å². The maximum Gasteiger partial charge on any atom is 0.274 e. The Morgan fingerprint density at radius 3 is 2.58 bits per heavy atom. The number of anilines is 3. The van der Waals surface area contributed by atoms with E-state index in [9.17, 15) is 4.79 Å². The minimum absolute atomic E-state index is 0.228. The lowest BCUT2D eigenvalue weighted by Crippen LogP contribution is -2.14. The first-order valence-corrected chi connectivity index (χ1v) is 7.21. The highest BCUT2D eigenvalue weighted by Crippen LogP contribution is 2.14. The lowest BCUT2D eigenvalue weighted by atomic mass is 10.2. The van der Waals surface area contributed by atoms with Gasteiger partial charge in [0.2, 0.25) is 5.95 Å². The molecule has 0 aliphatic heterocycles. The molecule has 24 heavy (non-hydrogen) atoms. The van der Waals surface area contributed by atoms with Crippen LogP contribution in [-0.4, -0.2) is 15.9 Å². The fourth-order valence-corrected chi connectivity index (χ4v) is 2.06. The molecule has 2 N–H and O–H groups in total. The molecule has 0 fully saturated rings. The molecule has 0 bridgehead atoms. The van der Waals surface area contributed by atoms with E-state index in [4.69, 9.17) is 5.26 Å². The number of nitrogens with one attached hydrogen (secondary N) is 2. The van der Waals surface area contributed by atoms with Crippen LogP contribution in [0.4, 0.5) is 17.3 Å². The van der Waals surface area contributed by atoms with E-state index in [1.807, 2.05) is 36.4 Å². The third-order valence-electron chi connectivity index (χ3n) is 3.17. The predicted molar refractivity (Wildman–Crippen MR) is 90.9 cm³/mol. The third-order valence-corrected chi connectivity index (χ3v) is 3.17. The number of para-hydroxylation sites is 1. The smallest absolute Gasteiger partial charge is 0.274 e. The van der Waals surface area contributed by atoms with E-state index in [-0.39, 0.29) is 11.6 Å². The highest BCUT2D eigenvalue weighted by Gasteiger charge is 2.09. The van der Waals surface area contributed by atoms with Gasteiger partial charge in [-0.05, 0) is 36.4 Å². The Morgan fingerprint density at radius 1 is 1.00 bits per heavy atom. The normalized spacial score (nSPS) is 9.79. The Morgan fingerprint density at radius 2 is 1.79 bits per heavy atom. The molecule has 6 nitrogen and oxygen atoms in total. The van der Waals surface area contributed by atoms with E-state index in [0.29, 0.717) is 17.2 Å². The van der Waals surface area contributed by atoms with Crippen molar-refractivity contribution in [3.63, 3.8) is 0 Å². The largest absolute Gasteiger partial charge is 0.324 e. The van der Waals surface area contributed by atoms with Crippen LogP contribution in [0, 0.1) is 11.3 Å². The van der Waals surface area contributed by atoms with E-state index in [1.54, 1.807) is 24.3 Å². The Bertz CT molecular complexity index is 903. The second-order valence-electron chi connectivity index (χ2n) is 4.90. The predicted octanol–water partition coefficient (Wildman–Crippen LogP) is 3.34. The molecule has 3 rings (SSSR count). The quantitative estimate of drug-likeness (QED) is 0.770. The fourth-order valence-electron chi connectivity index (χ4n) is 2.06. The van der Waals surface area contributed by atoms with Crippen molar-refractivity contribution in [2.24, 2.45) is 0 Å². The molecule has 0 saturated heterocycles. The summed E-state index contributed by atoms with van der Waals surface area (Å²) in [6, 6.07) is 19.7. The van der Waals surface area contributed by atoms with E-state index >= 15 is 0 Å². The minimum atomic E-state index is -0.372. The van der Waals surface area contributed by atoms with Gasteiger partial charge >= 0.3 is 0 Å². The van der Waals surface area contributed by atoms with E-state index in [2.05, 4.69) is 20.6 Å². The Balaban J connectivity index is 1.75. The number of amides is 1. The fraction of sp³-hybridized carbons (Fsp3) is 0. The van der Waals surface area contributed by atoms with Crippen molar-refractivity contribution in [3.8, 4) is 6.07 Å². The number of rotatable bonds is 4. The summed E-state index contributed by atoms with van der Waals surface area (Å²) in [5, 5.41) is 14.7. The first-order valence-electron chi connectivity index (χ1n) is 7.21. The highest BCUT2D eigenvalue weighted by molar-refractivity contribution is 6.03. The van der Waals surface area contributed by atoms with Crippen LogP contribution in [0.3, 0.4) is 0 Å². The Kier molecular flexibility index (Phi) is 4.45. The molecule has 2 aromatic carbocycles. The minimum Gasteiger partial charge on any atom is -0.324 e. The van der Waals surface area contributed by atoms with E-state index < -0.39 is 0 Å². The number of carbonyl (C=O) groups excluding carboxylic acids is 1.